The lowest BCUT2D eigenvalue weighted by Gasteiger charge is -2.36. The van der Waals surface area contributed by atoms with E-state index in [1.165, 1.54) is 0 Å². The lowest BCUT2D eigenvalue weighted by atomic mass is 9.92. The van der Waals surface area contributed by atoms with Gasteiger partial charge in [-0.2, -0.15) is 0 Å². The second kappa shape index (κ2) is 6.49. The number of ether oxygens (including phenoxy) is 3. The first kappa shape index (κ1) is 15.0. The highest BCUT2D eigenvalue weighted by molar-refractivity contribution is 5.80. The zero-order chi connectivity index (χ0) is 15.6. The molecule has 0 N–H and O–H groups in total. The van der Waals surface area contributed by atoms with Crippen molar-refractivity contribution in [3.63, 3.8) is 0 Å². The molecule has 2 fully saturated rings. The number of fused-ring (bicyclic) bond motifs is 1. The van der Waals surface area contributed by atoms with E-state index < -0.39 is 0 Å². The van der Waals surface area contributed by atoms with Gasteiger partial charge in [0.25, 0.3) is 0 Å². The lowest BCUT2D eigenvalue weighted by Crippen LogP contribution is -2.46. The number of hydrogen-bond donors (Lipinski definition) is 0. The van der Waals surface area contributed by atoms with Crippen LogP contribution < -0.4 is 4.74 Å². The Kier molecular flexibility index (Phi) is 4.23. The highest BCUT2D eigenvalue weighted by Gasteiger charge is 2.35. The van der Waals surface area contributed by atoms with Crippen molar-refractivity contribution < 1.29 is 19.0 Å². The van der Waals surface area contributed by atoms with E-state index in [0.29, 0.717) is 25.7 Å². The minimum atomic E-state index is -0.0582. The number of piperidine rings is 1. The Hall–Kier alpha value is -1.59. The van der Waals surface area contributed by atoms with Crippen molar-refractivity contribution in [3.05, 3.63) is 29.8 Å². The predicted molar refractivity (Wildman–Crippen MR) is 84.1 cm³/mol. The van der Waals surface area contributed by atoms with Gasteiger partial charge in [-0.1, -0.05) is 18.2 Å². The molecule has 0 aliphatic carbocycles. The summed E-state index contributed by atoms with van der Waals surface area (Å²) in [6.07, 6.45) is 2.64. The van der Waals surface area contributed by atoms with E-state index in [4.69, 9.17) is 14.2 Å². The molecule has 0 aromatic heterocycles. The predicted octanol–water partition coefficient (Wildman–Crippen LogP) is 1.85. The van der Waals surface area contributed by atoms with Crippen LogP contribution in [0.3, 0.4) is 0 Å². The smallest absolute Gasteiger partial charge is 0.229 e. The number of carbonyl (C=O) groups excluding carboxylic acids is 1. The van der Waals surface area contributed by atoms with Crippen LogP contribution in [0, 0.1) is 11.8 Å². The molecule has 23 heavy (non-hydrogen) atoms. The second-order valence-corrected chi connectivity index (χ2v) is 6.59. The number of nitrogens with zero attached hydrogens (tertiary/aromatic N) is 1. The maximum atomic E-state index is 12.8. The molecule has 1 amide bonds. The van der Waals surface area contributed by atoms with Gasteiger partial charge in [0.2, 0.25) is 5.91 Å². The van der Waals surface area contributed by atoms with Crippen molar-refractivity contribution in [2.45, 2.75) is 25.6 Å². The fourth-order valence-electron chi connectivity index (χ4n) is 3.79. The summed E-state index contributed by atoms with van der Waals surface area (Å²) in [5, 5.41) is 0. The van der Waals surface area contributed by atoms with Crippen molar-refractivity contribution in [2.24, 2.45) is 11.8 Å². The number of para-hydroxylation sites is 1. The molecule has 0 radical (unpaired) electrons. The molecule has 1 aromatic carbocycles. The van der Waals surface area contributed by atoms with Crippen LogP contribution in [0.2, 0.25) is 0 Å². The molecule has 4 rings (SSSR count). The minimum absolute atomic E-state index is 0.0552. The molecule has 5 nitrogen and oxygen atoms in total. The zero-order valence-corrected chi connectivity index (χ0v) is 13.3. The molecule has 1 aromatic rings. The maximum Gasteiger partial charge on any atom is 0.229 e. The molecule has 3 aliphatic heterocycles. The largest absolute Gasteiger partial charge is 0.492 e. The van der Waals surface area contributed by atoms with Gasteiger partial charge in [0.15, 0.2) is 6.29 Å². The zero-order valence-electron chi connectivity index (χ0n) is 13.3. The Morgan fingerprint density at radius 3 is 2.61 bits per heavy atom. The Bertz CT molecular complexity index is 562. The second-order valence-electron chi connectivity index (χ2n) is 6.59. The van der Waals surface area contributed by atoms with Crippen molar-refractivity contribution in [3.8, 4) is 5.75 Å². The van der Waals surface area contributed by atoms with E-state index in [9.17, 15) is 4.79 Å². The van der Waals surface area contributed by atoms with Crippen LogP contribution in [0.25, 0.3) is 0 Å². The van der Waals surface area contributed by atoms with Crippen molar-refractivity contribution in [2.75, 3.05) is 32.9 Å². The Morgan fingerprint density at radius 1 is 1.09 bits per heavy atom. The highest BCUT2D eigenvalue weighted by atomic mass is 16.7. The molecule has 0 saturated carbocycles. The third kappa shape index (κ3) is 3.08. The first-order valence-electron chi connectivity index (χ1n) is 8.54. The van der Waals surface area contributed by atoms with E-state index in [2.05, 4.69) is 6.07 Å². The number of carbonyl (C=O) groups is 1. The maximum absolute atomic E-state index is 12.8. The van der Waals surface area contributed by atoms with Gasteiger partial charge < -0.3 is 19.1 Å². The summed E-state index contributed by atoms with van der Waals surface area (Å²) >= 11 is 0. The van der Waals surface area contributed by atoms with Crippen LogP contribution >= 0.6 is 0 Å². The normalized spacial score (nSPS) is 25.9. The summed E-state index contributed by atoms with van der Waals surface area (Å²) in [6, 6.07) is 8.00. The first-order valence-corrected chi connectivity index (χ1v) is 8.54. The molecule has 124 valence electrons. The van der Waals surface area contributed by atoms with Gasteiger partial charge in [0.1, 0.15) is 12.4 Å². The van der Waals surface area contributed by atoms with Crippen LogP contribution in [-0.4, -0.2) is 50.0 Å². The number of likely N-dealkylation sites (tertiary alicyclic amines) is 1. The van der Waals surface area contributed by atoms with E-state index in [-0.39, 0.29) is 18.1 Å². The van der Waals surface area contributed by atoms with Crippen LogP contribution in [0.4, 0.5) is 0 Å². The van der Waals surface area contributed by atoms with Crippen molar-refractivity contribution in [1.29, 1.82) is 0 Å². The van der Waals surface area contributed by atoms with Gasteiger partial charge in [-0.15, -0.1) is 0 Å². The topological polar surface area (TPSA) is 48.0 Å². The lowest BCUT2D eigenvalue weighted by molar-refractivity contribution is -0.142. The fourth-order valence-corrected chi connectivity index (χ4v) is 3.79. The molecule has 0 bridgehead atoms. The molecule has 3 heterocycles. The van der Waals surface area contributed by atoms with E-state index in [1.54, 1.807) is 0 Å². The Labute approximate surface area is 136 Å². The van der Waals surface area contributed by atoms with E-state index in [0.717, 1.165) is 43.7 Å². The average Bonchev–Trinajstić information content (AvgIpc) is 3.15. The summed E-state index contributed by atoms with van der Waals surface area (Å²) in [4.78, 5) is 14.8. The third-order valence-corrected chi connectivity index (χ3v) is 5.11. The summed E-state index contributed by atoms with van der Waals surface area (Å²) in [6.45, 7) is 3.48. The minimum Gasteiger partial charge on any atom is -0.492 e. The Balaban J connectivity index is 1.34. The van der Waals surface area contributed by atoms with Gasteiger partial charge in [0.05, 0.1) is 19.1 Å². The van der Waals surface area contributed by atoms with Gasteiger partial charge in [-0.05, 0) is 30.9 Å². The van der Waals surface area contributed by atoms with Crippen LogP contribution in [0.15, 0.2) is 24.3 Å². The molecular weight excluding hydrogens is 294 g/mol. The average molecular weight is 317 g/mol. The Morgan fingerprint density at radius 2 is 1.83 bits per heavy atom. The third-order valence-electron chi connectivity index (χ3n) is 5.11. The molecule has 2 saturated heterocycles. The van der Waals surface area contributed by atoms with Crippen LogP contribution in [-0.2, 0) is 20.7 Å². The number of benzene rings is 1. The van der Waals surface area contributed by atoms with E-state index in [1.807, 2.05) is 23.1 Å². The van der Waals surface area contributed by atoms with Crippen molar-refractivity contribution >= 4 is 5.91 Å². The molecule has 1 atom stereocenters. The first-order chi connectivity index (χ1) is 11.3. The van der Waals surface area contributed by atoms with Crippen LogP contribution in [0.1, 0.15) is 18.4 Å². The molecule has 0 spiro atoms. The molecule has 5 heteroatoms. The van der Waals surface area contributed by atoms with Gasteiger partial charge in [-0.3, -0.25) is 4.79 Å². The molecule has 3 aliphatic rings. The standard InChI is InChI=1S/C18H23NO4/c20-17(15-11-14-3-1-2-4-16(14)23-12-15)19-7-5-13(6-8-19)18-21-9-10-22-18/h1-4,13,15,18H,5-12H2. The number of hydrogen-bond acceptors (Lipinski definition) is 4. The fraction of sp³-hybridized carbons (Fsp3) is 0.611. The van der Waals surface area contributed by atoms with Gasteiger partial charge in [0, 0.05) is 19.0 Å². The summed E-state index contributed by atoms with van der Waals surface area (Å²) < 4.78 is 17.0. The van der Waals surface area contributed by atoms with E-state index >= 15 is 0 Å². The van der Waals surface area contributed by atoms with Gasteiger partial charge in [-0.25, -0.2) is 0 Å². The molecular formula is C18H23NO4. The SMILES string of the molecule is O=C(C1COc2ccccc2C1)N1CCC(C2OCCO2)CC1. The summed E-state index contributed by atoms with van der Waals surface area (Å²) in [7, 11) is 0. The monoisotopic (exact) mass is 317 g/mol. The summed E-state index contributed by atoms with van der Waals surface area (Å²) in [5.41, 5.74) is 1.14. The highest BCUT2D eigenvalue weighted by Crippen LogP contribution is 2.30. The van der Waals surface area contributed by atoms with Crippen molar-refractivity contribution in [1.82, 2.24) is 4.90 Å². The molecule has 1 unspecified atom stereocenters. The number of amides is 1. The van der Waals surface area contributed by atoms with Crippen LogP contribution in [0.5, 0.6) is 5.75 Å². The number of rotatable bonds is 2. The summed E-state index contributed by atoms with van der Waals surface area (Å²) in [5.74, 6) is 1.52. The van der Waals surface area contributed by atoms with Gasteiger partial charge >= 0.3 is 0 Å². The quantitative estimate of drug-likeness (QED) is 0.835.